The van der Waals surface area contributed by atoms with Crippen molar-refractivity contribution in [3.63, 3.8) is 0 Å². The highest BCUT2D eigenvalue weighted by Crippen LogP contribution is 2.44. The number of benzene rings is 3. The van der Waals surface area contributed by atoms with Gasteiger partial charge in [0.05, 0.1) is 26.7 Å². The first-order valence-electron chi connectivity index (χ1n) is 9.16. The minimum Gasteiger partial charge on any atom is -0.503 e. The Labute approximate surface area is 208 Å². The quantitative estimate of drug-likeness (QED) is 0.279. The third-order valence-corrected chi connectivity index (χ3v) is 6.79. The fourth-order valence-electron chi connectivity index (χ4n) is 3.54. The van der Waals surface area contributed by atoms with E-state index in [9.17, 15) is 14.7 Å². The minimum absolute atomic E-state index is 0.00154. The molecule has 0 radical (unpaired) electrons. The van der Waals surface area contributed by atoms with E-state index in [1.165, 1.54) is 17.0 Å². The lowest BCUT2D eigenvalue weighted by Gasteiger charge is -2.27. The summed E-state index contributed by atoms with van der Waals surface area (Å²) in [6, 6.07) is 15.0. The Kier molecular flexibility index (Phi) is 6.44. The number of hydrogen-bond acceptors (Lipinski definition) is 3. The number of anilines is 1. The number of rotatable bonds is 4. The van der Waals surface area contributed by atoms with E-state index >= 15 is 0 Å². The molecule has 0 spiro atoms. The summed E-state index contributed by atoms with van der Waals surface area (Å²) >= 11 is 30.5. The molecule has 0 fully saturated rings. The monoisotopic (exact) mass is 525 g/mol. The van der Waals surface area contributed by atoms with Crippen molar-refractivity contribution in [1.29, 1.82) is 0 Å². The fraction of sp³-hybridized carbons (Fsp3) is 0.0435. The molecule has 0 bridgehead atoms. The van der Waals surface area contributed by atoms with E-state index < -0.39 is 23.5 Å². The largest absolute Gasteiger partial charge is 0.503 e. The number of amides is 1. The van der Waals surface area contributed by atoms with Crippen molar-refractivity contribution in [1.82, 2.24) is 0 Å². The van der Waals surface area contributed by atoms with Crippen LogP contribution in [0.4, 0.5) is 5.69 Å². The molecule has 1 unspecified atom stereocenters. The van der Waals surface area contributed by atoms with Gasteiger partial charge < -0.3 is 5.11 Å². The second kappa shape index (κ2) is 8.97. The van der Waals surface area contributed by atoms with Crippen molar-refractivity contribution < 1.29 is 14.7 Å². The lowest BCUT2D eigenvalue weighted by molar-refractivity contribution is -0.117. The lowest BCUT2D eigenvalue weighted by atomic mass is 9.92. The molecule has 9 heteroatoms. The van der Waals surface area contributed by atoms with E-state index in [1.54, 1.807) is 48.5 Å². The van der Waals surface area contributed by atoms with Gasteiger partial charge in [-0.15, -0.1) is 0 Å². The first-order valence-corrected chi connectivity index (χ1v) is 11.1. The highest BCUT2D eigenvalue weighted by molar-refractivity contribution is 6.49. The number of carbonyl (C=O) groups excluding carboxylic acids is 2. The predicted molar refractivity (Wildman–Crippen MR) is 129 cm³/mol. The van der Waals surface area contributed by atoms with Gasteiger partial charge in [0.2, 0.25) is 0 Å². The summed E-state index contributed by atoms with van der Waals surface area (Å²) in [6.45, 7) is 0. The summed E-state index contributed by atoms with van der Waals surface area (Å²) in [4.78, 5) is 28.0. The van der Waals surface area contributed by atoms with Gasteiger partial charge in [0, 0.05) is 21.3 Å². The van der Waals surface area contributed by atoms with Crippen molar-refractivity contribution in [3.8, 4) is 0 Å². The lowest BCUT2D eigenvalue weighted by Crippen LogP contribution is -2.31. The van der Waals surface area contributed by atoms with Crippen LogP contribution in [0.3, 0.4) is 0 Å². The molecule has 4 nitrogen and oxygen atoms in total. The minimum atomic E-state index is -0.962. The number of Topliss-reactive ketones (excluding diaryl/α,β-unsaturated/α-hetero) is 1. The molecule has 162 valence electrons. The van der Waals surface area contributed by atoms with E-state index in [0.29, 0.717) is 21.3 Å². The number of hydrogen-bond donors (Lipinski definition) is 1. The number of carbonyl (C=O) groups is 2. The van der Waals surface area contributed by atoms with Crippen LogP contribution < -0.4 is 4.90 Å². The second-order valence-electron chi connectivity index (χ2n) is 6.92. The highest BCUT2D eigenvalue weighted by Gasteiger charge is 2.45. The second-order valence-corrected chi connectivity index (χ2v) is 8.96. The summed E-state index contributed by atoms with van der Waals surface area (Å²) < 4.78 is 0. The maximum Gasteiger partial charge on any atom is 0.294 e. The van der Waals surface area contributed by atoms with Gasteiger partial charge in [-0.25, -0.2) is 0 Å². The van der Waals surface area contributed by atoms with Crippen LogP contribution in [0.2, 0.25) is 25.1 Å². The van der Waals surface area contributed by atoms with E-state index in [-0.39, 0.29) is 26.2 Å². The molecule has 0 saturated carbocycles. The van der Waals surface area contributed by atoms with Gasteiger partial charge in [0.25, 0.3) is 5.91 Å². The van der Waals surface area contributed by atoms with E-state index in [2.05, 4.69) is 0 Å². The number of halogens is 5. The molecule has 3 aromatic rings. The summed E-state index contributed by atoms with van der Waals surface area (Å²) in [5, 5.41) is 11.7. The van der Waals surface area contributed by atoms with E-state index in [0.717, 1.165) is 0 Å². The van der Waals surface area contributed by atoms with Crippen LogP contribution in [-0.2, 0) is 4.79 Å². The Bertz CT molecular complexity index is 1290. The Hall–Kier alpha value is -2.21. The number of ketones is 1. The standard InChI is InChI=1S/C23H12Cl5NO3/c24-12-6-4-11(5-7-12)20-17(21(30)15-8-9-16(26)19(28)18(15)27)22(31)23(32)29(20)14-3-1-2-13(25)10-14/h1-10,20,31H. The Morgan fingerprint density at radius 2 is 1.53 bits per heavy atom. The Morgan fingerprint density at radius 1 is 0.844 bits per heavy atom. The Morgan fingerprint density at radius 3 is 2.19 bits per heavy atom. The van der Waals surface area contributed by atoms with E-state index in [4.69, 9.17) is 58.0 Å². The first-order chi connectivity index (χ1) is 15.2. The van der Waals surface area contributed by atoms with Gasteiger partial charge in [-0.3, -0.25) is 14.5 Å². The van der Waals surface area contributed by atoms with Gasteiger partial charge in [-0.1, -0.05) is 76.2 Å². The molecular weight excluding hydrogens is 516 g/mol. The fourth-order valence-corrected chi connectivity index (χ4v) is 4.47. The molecule has 4 rings (SSSR count). The SMILES string of the molecule is O=C(C1=C(O)C(=O)N(c2cccc(Cl)c2)C1c1ccc(Cl)cc1)c1ccc(Cl)c(Cl)c1Cl. The molecule has 1 aliphatic heterocycles. The number of aliphatic hydroxyl groups is 1. The molecule has 1 amide bonds. The summed E-state index contributed by atoms with van der Waals surface area (Å²) in [5.74, 6) is -2.12. The van der Waals surface area contributed by atoms with Crippen LogP contribution in [0.1, 0.15) is 22.0 Å². The molecule has 1 atom stereocenters. The van der Waals surface area contributed by atoms with Crippen molar-refractivity contribution in [2.45, 2.75) is 6.04 Å². The molecule has 1 heterocycles. The average Bonchev–Trinajstić information content (AvgIpc) is 3.03. The first kappa shape index (κ1) is 23.0. The van der Waals surface area contributed by atoms with Crippen LogP contribution in [0, 0.1) is 0 Å². The highest BCUT2D eigenvalue weighted by atomic mass is 35.5. The van der Waals surface area contributed by atoms with Gasteiger partial charge in [-0.2, -0.15) is 0 Å². The molecule has 0 aliphatic carbocycles. The molecule has 0 aromatic heterocycles. The zero-order chi connectivity index (χ0) is 23.2. The third kappa shape index (κ3) is 3.98. The van der Waals surface area contributed by atoms with Crippen molar-refractivity contribution in [2.75, 3.05) is 4.90 Å². The maximum absolute atomic E-state index is 13.5. The van der Waals surface area contributed by atoms with E-state index in [1.807, 2.05) is 0 Å². The number of nitrogens with zero attached hydrogens (tertiary/aromatic N) is 1. The molecule has 0 saturated heterocycles. The van der Waals surface area contributed by atoms with Gasteiger partial charge in [-0.05, 0) is 48.0 Å². The van der Waals surface area contributed by atoms with Crippen LogP contribution in [0.25, 0.3) is 0 Å². The smallest absolute Gasteiger partial charge is 0.294 e. The molecule has 32 heavy (non-hydrogen) atoms. The van der Waals surface area contributed by atoms with Crippen molar-refractivity contribution in [3.05, 3.63) is 108 Å². The van der Waals surface area contributed by atoms with Crippen molar-refractivity contribution >= 4 is 75.4 Å². The summed E-state index contributed by atoms with van der Waals surface area (Å²) in [7, 11) is 0. The summed E-state index contributed by atoms with van der Waals surface area (Å²) in [6.07, 6.45) is 0. The topological polar surface area (TPSA) is 57.6 Å². The molecule has 1 N–H and O–H groups in total. The molecule has 3 aromatic carbocycles. The van der Waals surface area contributed by atoms with Gasteiger partial charge >= 0.3 is 0 Å². The molecule has 1 aliphatic rings. The summed E-state index contributed by atoms with van der Waals surface area (Å²) in [5.41, 5.74) is 0.795. The zero-order valence-electron chi connectivity index (χ0n) is 16.0. The third-order valence-electron chi connectivity index (χ3n) is 5.00. The van der Waals surface area contributed by atoms with Gasteiger partial charge in [0.1, 0.15) is 0 Å². The number of aliphatic hydroxyl groups excluding tert-OH is 1. The zero-order valence-corrected chi connectivity index (χ0v) is 19.7. The van der Waals surface area contributed by atoms with Crippen LogP contribution in [-0.4, -0.2) is 16.8 Å². The van der Waals surface area contributed by atoms with Crippen LogP contribution in [0.5, 0.6) is 0 Å². The maximum atomic E-state index is 13.5. The normalized spacial score (nSPS) is 16.1. The van der Waals surface area contributed by atoms with Crippen LogP contribution in [0.15, 0.2) is 72.0 Å². The molecular formula is C23H12Cl5NO3. The van der Waals surface area contributed by atoms with Crippen molar-refractivity contribution in [2.24, 2.45) is 0 Å². The van der Waals surface area contributed by atoms with Crippen LogP contribution >= 0.6 is 58.0 Å². The van der Waals surface area contributed by atoms with Gasteiger partial charge in [0.15, 0.2) is 11.5 Å². The predicted octanol–water partition coefficient (Wildman–Crippen LogP) is 7.74. The Balaban J connectivity index is 1.91. The average molecular weight is 528 g/mol.